The molecule has 9 heteroatoms. The van der Waals surface area contributed by atoms with E-state index in [0.29, 0.717) is 17.9 Å². The van der Waals surface area contributed by atoms with Crippen LogP contribution in [0.1, 0.15) is 24.4 Å². The molecule has 0 aliphatic rings. The van der Waals surface area contributed by atoms with E-state index in [4.69, 9.17) is 0 Å². The minimum absolute atomic E-state index is 0.0697. The van der Waals surface area contributed by atoms with Crippen LogP contribution in [0, 0.1) is 0 Å². The highest BCUT2D eigenvalue weighted by atomic mass is 32.2. The highest BCUT2D eigenvalue weighted by Crippen LogP contribution is 2.15. The van der Waals surface area contributed by atoms with Crippen LogP contribution < -0.4 is 10.0 Å². The van der Waals surface area contributed by atoms with Gasteiger partial charge in [-0.15, -0.1) is 0 Å². The van der Waals surface area contributed by atoms with Crippen LogP contribution in [0.15, 0.2) is 23.6 Å². The molecule has 2 heterocycles. The zero-order valence-electron chi connectivity index (χ0n) is 10.6. The fraction of sp³-hybridized carbons (Fsp3) is 0.400. The summed E-state index contributed by atoms with van der Waals surface area (Å²) in [6.45, 7) is 2.13. The topological polar surface area (TPSA) is 116 Å². The first-order valence-electron chi connectivity index (χ1n) is 5.73. The summed E-state index contributed by atoms with van der Waals surface area (Å²) in [7, 11) is -1.92. The number of H-pyrrole nitrogens is 2. The fourth-order valence-electron chi connectivity index (χ4n) is 1.71. The van der Waals surface area contributed by atoms with Crippen molar-refractivity contribution in [1.82, 2.24) is 30.2 Å². The summed E-state index contributed by atoms with van der Waals surface area (Å²) in [5.41, 5.74) is 0.585. The molecule has 0 radical (unpaired) electrons. The number of sulfonamides is 1. The monoisotopic (exact) mass is 284 g/mol. The number of hydrogen-bond acceptors (Lipinski definition) is 5. The molecular formula is C10H16N6O2S. The molecule has 0 saturated heterocycles. The van der Waals surface area contributed by atoms with Crippen molar-refractivity contribution < 1.29 is 8.42 Å². The van der Waals surface area contributed by atoms with Gasteiger partial charge < -0.3 is 10.3 Å². The lowest BCUT2D eigenvalue weighted by Crippen LogP contribution is -2.29. The summed E-state index contributed by atoms with van der Waals surface area (Å²) >= 11 is 0. The first-order valence-corrected chi connectivity index (χ1v) is 7.21. The lowest BCUT2D eigenvalue weighted by atomic mass is 10.3. The molecule has 0 fully saturated rings. The second-order valence-electron chi connectivity index (χ2n) is 4.07. The maximum absolute atomic E-state index is 12.2. The first-order chi connectivity index (χ1) is 9.04. The van der Waals surface area contributed by atoms with Crippen LogP contribution in [0.5, 0.6) is 0 Å². The third kappa shape index (κ3) is 3.00. The summed E-state index contributed by atoms with van der Waals surface area (Å²) in [6, 6.07) is -0.453. The molecule has 0 bridgehead atoms. The Kier molecular flexibility index (Phi) is 3.98. The van der Waals surface area contributed by atoms with Gasteiger partial charge in [0.05, 0.1) is 12.2 Å². The Morgan fingerprint density at radius 2 is 2.26 bits per heavy atom. The van der Waals surface area contributed by atoms with E-state index >= 15 is 0 Å². The van der Waals surface area contributed by atoms with Gasteiger partial charge >= 0.3 is 0 Å². The second-order valence-corrected chi connectivity index (χ2v) is 5.72. The number of nitrogens with one attached hydrogen (secondary N) is 4. The number of aromatic nitrogens is 4. The van der Waals surface area contributed by atoms with Crippen LogP contribution in [0.25, 0.3) is 0 Å². The Morgan fingerprint density at radius 3 is 2.89 bits per heavy atom. The first kappa shape index (κ1) is 13.7. The molecule has 0 aromatic carbocycles. The lowest BCUT2D eigenvalue weighted by molar-refractivity contribution is 0.555. The number of aromatic amines is 2. The molecule has 1 atom stereocenters. The summed E-state index contributed by atoms with van der Waals surface area (Å²) in [5.74, 6) is 0.554. The smallest absolute Gasteiger partial charge is 0.258 e. The van der Waals surface area contributed by atoms with Gasteiger partial charge in [-0.1, -0.05) is 0 Å². The highest BCUT2D eigenvalue weighted by molar-refractivity contribution is 7.89. The van der Waals surface area contributed by atoms with E-state index in [1.54, 1.807) is 26.4 Å². The fourth-order valence-corrected chi connectivity index (χ4v) is 3.05. The molecule has 0 saturated carbocycles. The molecule has 0 spiro atoms. The van der Waals surface area contributed by atoms with Gasteiger partial charge in [-0.2, -0.15) is 9.82 Å². The van der Waals surface area contributed by atoms with Gasteiger partial charge in [0.2, 0.25) is 0 Å². The molecule has 2 aromatic heterocycles. The molecule has 2 rings (SSSR count). The van der Waals surface area contributed by atoms with Crippen LogP contribution in [-0.2, 0) is 16.6 Å². The molecule has 1 unspecified atom stereocenters. The van der Waals surface area contributed by atoms with E-state index in [0.717, 1.165) is 0 Å². The number of rotatable bonds is 6. The summed E-state index contributed by atoms with van der Waals surface area (Å²) in [5, 5.41) is 9.24. The van der Waals surface area contributed by atoms with E-state index in [1.807, 2.05) is 0 Å². The minimum Gasteiger partial charge on any atom is -0.347 e. The molecule has 104 valence electrons. The summed E-state index contributed by atoms with van der Waals surface area (Å²) in [6.07, 6.45) is 4.70. The molecular weight excluding hydrogens is 268 g/mol. The van der Waals surface area contributed by atoms with Crippen molar-refractivity contribution in [3.63, 3.8) is 0 Å². The highest BCUT2D eigenvalue weighted by Gasteiger charge is 2.23. The zero-order chi connectivity index (χ0) is 13.9. The van der Waals surface area contributed by atoms with Gasteiger partial charge in [-0.25, -0.2) is 13.4 Å². The Balaban J connectivity index is 2.20. The van der Waals surface area contributed by atoms with Gasteiger partial charge in [0.1, 0.15) is 5.82 Å². The van der Waals surface area contributed by atoms with Crippen molar-refractivity contribution in [2.45, 2.75) is 24.5 Å². The van der Waals surface area contributed by atoms with E-state index < -0.39 is 16.1 Å². The largest absolute Gasteiger partial charge is 0.347 e. The van der Waals surface area contributed by atoms with Crippen LogP contribution in [0.2, 0.25) is 0 Å². The van der Waals surface area contributed by atoms with Crippen molar-refractivity contribution >= 4 is 10.0 Å². The lowest BCUT2D eigenvalue weighted by Gasteiger charge is -2.12. The number of hydrogen-bond donors (Lipinski definition) is 4. The normalized spacial score (nSPS) is 13.6. The maximum Gasteiger partial charge on any atom is 0.258 e. The second kappa shape index (κ2) is 5.51. The predicted octanol–water partition coefficient (Wildman–Crippen LogP) is -0.108. The molecule has 2 aromatic rings. The Bertz CT molecular complexity index is 618. The van der Waals surface area contributed by atoms with Gasteiger partial charge in [0.25, 0.3) is 10.0 Å². The van der Waals surface area contributed by atoms with Crippen molar-refractivity contribution in [2.75, 3.05) is 7.05 Å². The Morgan fingerprint density at radius 1 is 1.47 bits per heavy atom. The quantitative estimate of drug-likeness (QED) is 0.591. The molecule has 0 aliphatic heterocycles. The molecule has 19 heavy (non-hydrogen) atoms. The van der Waals surface area contributed by atoms with Crippen molar-refractivity contribution in [1.29, 1.82) is 0 Å². The average Bonchev–Trinajstić information content (AvgIpc) is 2.99. The number of nitrogens with zero attached hydrogens (tertiary/aromatic N) is 2. The molecule has 0 aliphatic carbocycles. The minimum atomic E-state index is -3.66. The maximum atomic E-state index is 12.2. The number of imidazole rings is 1. The van der Waals surface area contributed by atoms with Crippen molar-refractivity contribution in [3.05, 3.63) is 30.0 Å². The SMILES string of the molecule is CNCc1cn[nH]c1S(=O)(=O)NC(C)c1ncc[nH]1. The van der Waals surface area contributed by atoms with Crippen LogP contribution in [0.3, 0.4) is 0 Å². The van der Waals surface area contributed by atoms with Gasteiger partial charge in [-0.05, 0) is 14.0 Å². The standard InChI is InChI=1S/C10H16N6O2S/c1-7(9-12-3-4-13-9)16-19(17,18)10-8(5-11-2)6-14-15-10/h3-4,6-7,11,16H,5H2,1-2H3,(H,12,13)(H,14,15). The van der Waals surface area contributed by atoms with Gasteiger partial charge in [-0.3, -0.25) is 5.10 Å². The molecule has 4 N–H and O–H groups in total. The van der Waals surface area contributed by atoms with E-state index in [2.05, 4.69) is 30.2 Å². The van der Waals surface area contributed by atoms with E-state index in [1.165, 1.54) is 6.20 Å². The van der Waals surface area contributed by atoms with Crippen LogP contribution in [-0.4, -0.2) is 35.6 Å². The van der Waals surface area contributed by atoms with Gasteiger partial charge in [0.15, 0.2) is 5.03 Å². The molecule has 8 nitrogen and oxygen atoms in total. The van der Waals surface area contributed by atoms with E-state index in [-0.39, 0.29) is 5.03 Å². The third-order valence-corrected chi connectivity index (χ3v) is 4.13. The average molecular weight is 284 g/mol. The summed E-state index contributed by atoms with van der Waals surface area (Å²) in [4.78, 5) is 6.89. The van der Waals surface area contributed by atoms with Gasteiger partial charge in [0, 0.05) is 24.5 Å². The third-order valence-electron chi connectivity index (χ3n) is 2.58. The van der Waals surface area contributed by atoms with E-state index in [9.17, 15) is 8.42 Å². The van der Waals surface area contributed by atoms with Crippen molar-refractivity contribution in [3.8, 4) is 0 Å². The summed E-state index contributed by atoms with van der Waals surface area (Å²) < 4.78 is 27.0. The molecule has 0 amide bonds. The van der Waals surface area contributed by atoms with Crippen LogP contribution >= 0.6 is 0 Å². The Hall–Kier alpha value is -1.71. The predicted molar refractivity (Wildman–Crippen MR) is 68.7 cm³/mol. The Labute approximate surface area is 111 Å². The van der Waals surface area contributed by atoms with Crippen molar-refractivity contribution in [2.24, 2.45) is 0 Å². The zero-order valence-corrected chi connectivity index (χ0v) is 11.5. The van der Waals surface area contributed by atoms with Crippen LogP contribution in [0.4, 0.5) is 0 Å².